The number of carbonyl (C=O) groups excluding carboxylic acids is 1. The van der Waals surface area contributed by atoms with Gasteiger partial charge in [0, 0.05) is 19.8 Å². The van der Waals surface area contributed by atoms with E-state index in [9.17, 15) is 4.79 Å². The van der Waals surface area contributed by atoms with E-state index in [2.05, 4.69) is 20.6 Å². The van der Waals surface area contributed by atoms with Gasteiger partial charge in [0.2, 0.25) is 11.1 Å². The number of hydrogen-bond acceptors (Lipinski definition) is 6. The molecule has 1 amide bonds. The van der Waals surface area contributed by atoms with E-state index in [1.165, 1.54) is 24.6 Å². The van der Waals surface area contributed by atoms with Crippen LogP contribution in [0.2, 0.25) is 0 Å². The molecule has 4 rings (SSSR count). The zero-order valence-electron chi connectivity index (χ0n) is 13.7. The highest BCUT2D eigenvalue weighted by atomic mass is 32.2. The Bertz CT molecular complexity index is 721. The molecule has 0 aromatic carbocycles. The van der Waals surface area contributed by atoms with Crippen molar-refractivity contribution in [2.24, 2.45) is 7.05 Å². The van der Waals surface area contributed by atoms with Crippen LogP contribution in [0.3, 0.4) is 0 Å². The molecule has 2 aromatic rings. The Hall–Kier alpha value is -1.90. The number of amides is 1. The molecule has 9 heteroatoms. The van der Waals surface area contributed by atoms with Gasteiger partial charge >= 0.3 is 0 Å². The van der Waals surface area contributed by atoms with E-state index in [0.29, 0.717) is 6.04 Å². The Morgan fingerprint density at radius 1 is 1.21 bits per heavy atom. The second kappa shape index (κ2) is 6.54. The molecule has 0 spiro atoms. The van der Waals surface area contributed by atoms with Crippen molar-refractivity contribution in [3.63, 3.8) is 0 Å². The van der Waals surface area contributed by atoms with Crippen molar-refractivity contribution < 1.29 is 4.79 Å². The average Bonchev–Trinajstić information content (AvgIpc) is 3.30. The highest BCUT2D eigenvalue weighted by Crippen LogP contribution is 2.35. The predicted molar refractivity (Wildman–Crippen MR) is 89.8 cm³/mol. The lowest BCUT2D eigenvalue weighted by Crippen LogP contribution is -2.43. The number of nitrogens with zero attached hydrogens (tertiary/aromatic N) is 7. The molecule has 2 fully saturated rings. The number of aryl methyl sites for hydroxylation is 1. The van der Waals surface area contributed by atoms with Crippen molar-refractivity contribution in [2.75, 3.05) is 11.4 Å². The minimum atomic E-state index is -0.134. The first-order chi connectivity index (χ1) is 11.7. The zero-order valence-corrected chi connectivity index (χ0v) is 14.5. The minimum absolute atomic E-state index is 0.125. The molecule has 2 aromatic heterocycles. The molecule has 0 radical (unpaired) electrons. The van der Waals surface area contributed by atoms with E-state index in [1.54, 1.807) is 10.9 Å². The van der Waals surface area contributed by atoms with Crippen LogP contribution in [0.5, 0.6) is 0 Å². The summed E-state index contributed by atoms with van der Waals surface area (Å²) in [5.41, 5.74) is 0.864. The fraction of sp³-hybridized carbons (Fsp3) is 0.667. The second-order valence-corrected chi connectivity index (χ2v) is 7.62. The van der Waals surface area contributed by atoms with Gasteiger partial charge in [0.15, 0.2) is 0 Å². The summed E-state index contributed by atoms with van der Waals surface area (Å²) < 4.78 is 3.65. The van der Waals surface area contributed by atoms with Gasteiger partial charge in [-0.2, -0.15) is 5.10 Å². The highest BCUT2D eigenvalue weighted by Gasteiger charge is 2.33. The van der Waals surface area contributed by atoms with Crippen LogP contribution in [0.25, 0.3) is 0 Å². The van der Waals surface area contributed by atoms with Crippen molar-refractivity contribution in [1.82, 2.24) is 30.0 Å². The normalized spacial score (nSPS) is 22.5. The van der Waals surface area contributed by atoms with E-state index < -0.39 is 0 Å². The Morgan fingerprint density at radius 2 is 2.04 bits per heavy atom. The zero-order chi connectivity index (χ0) is 16.5. The number of tetrazole rings is 1. The van der Waals surface area contributed by atoms with Gasteiger partial charge in [0.1, 0.15) is 0 Å². The molecular weight excluding hydrogens is 326 g/mol. The summed E-state index contributed by atoms with van der Waals surface area (Å²) in [5, 5.41) is 17.0. The number of hydrogen-bond donors (Lipinski definition) is 0. The summed E-state index contributed by atoms with van der Waals surface area (Å²) in [5.74, 6) is 0.125. The second-order valence-electron chi connectivity index (χ2n) is 6.46. The van der Waals surface area contributed by atoms with Crippen LogP contribution >= 0.6 is 11.8 Å². The smallest absolute Gasteiger partial charge is 0.240 e. The Labute approximate surface area is 144 Å². The first-order valence-corrected chi connectivity index (χ1v) is 9.35. The van der Waals surface area contributed by atoms with Crippen molar-refractivity contribution in [3.05, 3.63) is 12.4 Å². The Morgan fingerprint density at radius 3 is 2.79 bits per heavy atom. The quantitative estimate of drug-likeness (QED) is 0.839. The van der Waals surface area contributed by atoms with Crippen LogP contribution < -0.4 is 4.90 Å². The van der Waals surface area contributed by atoms with Gasteiger partial charge in [-0.05, 0) is 36.1 Å². The van der Waals surface area contributed by atoms with Crippen molar-refractivity contribution in [1.29, 1.82) is 0 Å². The molecule has 8 nitrogen and oxygen atoms in total. The van der Waals surface area contributed by atoms with Crippen molar-refractivity contribution in [2.45, 2.75) is 55.0 Å². The van der Waals surface area contributed by atoms with Gasteiger partial charge in [-0.15, -0.1) is 5.10 Å². The molecule has 128 valence electrons. The number of thioether (sulfide) groups is 1. The van der Waals surface area contributed by atoms with E-state index in [0.717, 1.165) is 43.1 Å². The fourth-order valence-electron chi connectivity index (χ4n) is 3.52. The van der Waals surface area contributed by atoms with Crippen LogP contribution in [-0.2, 0) is 11.8 Å². The third-order valence-corrected chi connectivity index (χ3v) is 5.97. The molecule has 2 aliphatic rings. The summed E-state index contributed by atoms with van der Waals surface area (Å²) in [6.07, 6.45) is 10.2. The molecule has 1 atom stereocenters. The van der Waals surface area contributed by atoms with Gasteiger partial charge in [-0.1, -0.05) is 24.6 Å². The number of piperidine rings is 1. The lowest BCUT2D eigenvalue weighted by molar-refractivity contribution is -0.119. The van der Waals surface area contributed by atoms with Crippen LogP contribution in [0.1, 0.15) is 44.6 Å². The largest absolute Gasteiger partial charge is 0.309 e. The summed E-state index contributed by atoms with van der Waals surface area (Å²) in [6.45, 7) is 0.745. The lowest BCUT2D eigenvalue weighted by atomic mass is 10.1. The summed E-state index contributed by atoms with van der Waals surface area (Å²) in [6, 6.07) is 0.385. The van der Waals surface area contributed by atoms with Crippen molar-refractivity contribution in [3.8, 4) is 0 Å². The van der Waals surface area contributed by atoms with Gasteiger partial charge in [0.25, 0.3) is 0 Å². The first kappa shape index (κ1) is 15.6. The molecule has 0 bridgehead atoms. The van der Waals surface area contributed by atoms with Gasteiger partial charge < -0.3 is 4.90 Å². The molecule has 1 saturated heterocycles. The molecule has 24 heavy (non-hydrogen) atoms. The molecule has 1 aliphatic heterocycles. The standard InChI is InChI=1S/C15H21N7OS/c1-20-10-12(9-16-20)21-8-4-7-13(14(21)23)24-15-17-18-19-22(15)11-5-2-3-6-11/h9-11,13H,2-8H2,1H3/t13-/m1/s1. The highest BCUT2D eigenvalue weighted by molar-refractivity contribution is 8.00. The third-order valence-electron chi connectivity index (χ3n) is 4.77. The third kappa shape index (κ3) is 2.92. The predicted octanol–water partition coefficient (Wildman–Crippen LogP) is 1.81. The van der Waals surface area contributed by atoms with E-state index in [-0.39, 0.29) is 11.2 Å². The van der Waals surface area contributed by atoms with E-state index in [1.807, 2.05) is 22.8 Å². The molecule has 0 unspecified atom stereocenters. The summed E-state index contributed by atoms with van der Waals surface area (Å²) >= 11 is 1.51. The minimum Gasteiger partial charge on any atom is -0.309 e. The maximum atomic E-state index is 12.9. The average molecular weight is 347 g/mol. The first-order valence-electron chi connectivity index (χ1n) is 8.47. The lowest BCUT2D eigenvalue weighted by Gasteiger charge is -2.30. The van der Waals surface area contributed by atoms with Crippen LogP contribution in [0.15, 0.2) is 17.6 Å². The van der Waals surface area contributed by atoms with Crippen molar-refractivity contribution >= 4 is 23.4 Å². The van der Waals surface area contributed by atoms with Gasteiger partial charge in [-0.3, -0.25) is 9.48 Å². The van der Waals surface area contributed by atoms with E-state index in [4.69, 9.17) is 0 Å². The van der Waals surface area contributed by atoms with Gasteiger partial charge in [-0.25, -0.2) is 4.68 Å². The van der Waals surface area contributed by atoms with Crippen LogP contribution in [-0.4, -0.2) is 47.7 Å². The summed E-state index contributed by atoms with van der Waals surface area (Å²) in [4.78, 5) is 14.7. The topological polar surface area (TPSA) is 81.7 Å². The Kier molecular flexibility index (Phi) is 4.26. The maximum absolute atomic E-state index is 12.9. The maximum Gasteiger partial charge on any atom is 0.240 e. The Balaban J connectivity index is 1.50. The SMILES string of the molecule is Cn1cc(N2CCC[C@@H](Sc3nnnn3C3CCCC3)C2=O)cn1. The van der Waals surface area contributed by atoms with Crippen LogP contribution in [0, 0.1) is 0 Å². The number of carbonyl (C=O) groups is 1. The number of aromatic nitrogens is 6. The molecular formula is C15H21N7OS. The monoisotopic (exact) mass is 347 g/mol. The molecule has 0 N–H and O–H groups in total. The molecule has 1 aliphatic carbocycles. The number of rotatable bonds is 4. The number of anilines is 1. The molecule has 3 heterocycles. The van der Waals surface area contributed by atoms with Gasteiger partial charge in [0.05, 0.1) is 23.2 Å². The van der Waals surface area contributed by atoms with E-state index >= 15 is 0 Å². The molecule has 1 saturated carbocycles. The summed E-state index contributed by atoms with van der Waals surface area (Å²) in [7, 11) is 1.86. The fourth-order valence-corrected chi connectivity index (χ4v) is 4.67. The van der Waals surface area contributed by atoms with Crippen LogP contribution in [0.4, 0.5) is 5.69 Å².